The predicted octanol–water partition coefficient (Wildman–Crippen LogP) is 3.74. The summed E-state index contributed by atoms with van der Waals surface area (Å²) in [5, 5.41) is 3.50. The van der Waals surface area contributed by atoms with Crippen molar-refractivity contribution in [3.05, 3.63) is 53.2 Å². The highest BCUT2D eigenvalue weighted by atomic mass is 16.5. The molecule has 1 aromatic carbocycles. The lowest BCUT2D eigenvalue weighted by atomic mass is 10.1. The zero-order chi connectivity index (χ0) is 13.9. The fourth-order valence-electron chi connectivity index (χ4n) is 2.11. The van der Waals surface area contributed by atoms with E-state index in [1.807, 2.05) is 30.5 Å². The molecule has 0 amide bonds. The second-order valence-corrected chi connectivity index (χ2v) is 5.46. The molecule has 1 aromatic heterocycles. The van der Waals surface area contributed by atoms with Gasteiger partial charge in [0.1, 0.15) is 5.75 Å². The van der Waals surface area contributed by atoms with E-state index >= 15 is 0 Å². The maximum atomic E-state index is 5.91. The molecule has 0 bridgehead atoms. The summed E-state index contributed by atoms with van der Waals surface area (Å²) in [5.74, 6) is 1.54. The van der Waals surface area contributed by atoms with Gasteiger partial charge >= 0.3 is 0 Å². The number of hydrogen-bond donors (Lipinski definition) is 1. The summed E-state index contributed by atoms with van der Waals surface area (Å²) in [6, 6.07) is 10.8. The summed E-state index contributed by atoms with van der Waals surface area (Å²) < 4.78 is 5.91. The molecule has 0 aliphatic heterocycles. The third-order valence-electron chi connectivity index (χ3n) is 3.74. The van der Waals surface area contributed by atoms with Crippen LogP contribution in [0.3, 0.4) is 0 Å². The summed E-state index contributed by atoms with van der Waals surface area (Å²) >= 11 is 0. The van der Waals surface area contributed by atoms with E-state index in [1.165, 1.54) is 24.0 Å². The lowest BCUT2D eigenvalue weighted by Crippen LogP contribution is -2.15. The third-order valence-corrected chi connectivity index (χ3v) is 3.74. The Morgan fingerprint density at radius 1 is 1.25 bits per heavy atom. The van der Waals surface area contributed by atoms with E-state index in [0.29, 0.717) is 11.9 Å². The smallest absolute Gasteiger partial charge is 0.219 e. The maximum absolute atomic E-state index is 5.91. The van der Waals surface area contributed by atoms with E-state index in [2.05, 4.69) is 30.2 Å². The molecule has 1 aliphatic rings. The van der Waals surface area contributed by atoms with Crippen LogP contribution in [0.4, 0.5) is 0 Å². The largest absolute Gasteiger partial charge is 0.439 e. The predicted molar refractivity (Wildman–Crippen MR) is 80.1 cm³/mol. The lowest BCUT2D eigenvalue weighted by Gasteiger charge is -2.10. The van der Waals surface area contributed by atoms with Crippen molar-refractivity contribution in [1.29, 1.82) is 0 Å². The molecule has 2 aromatic rings. The molecule has 1 aliphatic carbocycles. The van der Waals surface area contributed by atoms with Crippen LogP contribution in [0.5, 0.6) is 11.6 Å². The molecule has 0 spiro atoms. The summed E-state index contributed by atoms with van der Waals surface area (Å²) in [7, 11) is 0. The normalized spacial score (nSPS) is 14.3. The van der Waals surface area contributed by atoms with Gasteiger partial charge in [-0.15, -0.1) is 0 Å². The van der Waals surface area contributed by atoms with Crippen LogP contribution < -0.4 is 10.1 Å². The topological polar surface area (TPSA) is 34.1 Å². The summed E-state index contributed by atoms with van der Waals surface area (Å²) in [5.41, 5.74) is 3.61. The standard InChI is InChI=1S/C17H20N2O/c1-12-4-3-5-16(13(12)2)20-17-10-14(8-9-18-17)11-19-15-6-7-15/h3-5,8-10,15,19H,6-7,11H2,1-2H3. The van der Waals surface area contributed by atoms with Crippen LogP contribution in [0.15, 0.2) is 36.5 Å². The number of ether oxygens (including phenoxy) is 1. The van der Waals surface area contributed by atoms with E-state index in [1.54, 1.807) is 0 Å². The van der Waals surface area contributed by atoms with Gasteiger partial charge in [-0.3, -0.25) is 0 Å². The average molecular weight is 268 g/mol. The molecule has 104 valence electrons. The van der Waals surface area contributed by atoms with Gasteiger partial charge in [0.15, 0.2) is 0 Å². The molecular formula is C17H20N2O. The monoisotopic (exact) mass is 268 g/mol. The Kier molecular flexibility index (Phi) is 3.70. The van der Waals surface area contributed by atoms with Crippen LogP contribution in [0.25, 0.3) is 0 Å². The van der Waals surface area contributed by atoms with Crippen molar-refractivity contribution in [2.45, 2.75) is 39.3 Å². The fourth-order valence-corrected chi connectivity index (χ4v) is 2.11. The number of nitrogens with zero attached hydrogens (tertiary/aromatic N) is 1. The van der Waals surface area contributed by atoms with Gasteiger partial charge in [0.2, 0.25) is 5.88 Å². The zero-order valence-electron chi connectivity index (χ0n) is 12.0. The number of benzene rings is 1. The SMILES string of the molecule is Cc1cccc(Oc2cc(CNC3CC3)ccn2)c1C. The van der Waals surface area contributed by atoms with Gasteiger partial charge in [-0.1, -0.05) is 12.1 Å². The highest BCUT2D eigenvalue weighted by Crippen LogP contribution is 2.26. The number of hydrogen-bond acceptors (Lipinski definition) is 3. The Balaban J connectivity index is 1.72. The van der Waals surface area contributed by atoms with Crippen molar-refractivity contribution < 1.29 is 4.74 Å². The molecule has 0 radical (unpaired) electrons. The Labute approximate surface area is 120 Å². The van der Waals surface area contributed by atoms with Crippen molar-refractivity contribution in [1.82, 2.24) is 10.3 Å². The first kappa shape index (κ1) is 13.1. The maximum Gasteiger partial charge on any atom is 0.219 e. The molecule has 0 unspecified atom stereocenters. The first-order valence-corrected chi connectivity index (χ1v) is 7.15. The molecule has 3 nitrogen and oxygen atoms in total. The van der Waals surface area contributed by atoms with E-state index in [0.717, 1.165) is 17.9 Å². The zero-order valence-corrected chi connectivity index (χ0v) is 12.0. The Morgan fingerprint density at radius 3 is 2.90 bits per heavy atom. The second kappa shape index (κ2) is 5.63. The van der Waals surface area contributed by atoms with E-state index in [9.17, 15) is 0 Å². The van der Waals surface area contributed by atoms with Gasteiger partial charge in [-0.25, -0.2) is 4.98 Å². The summed E-state index contributed by atoms with van der Waals surface area (Å²) in [4.78, 5) is 4.30. The molecule has 1 fully saturated rings. The molecule has 1 saturated carbocycles. The van der Waals surface area contributed by atoms with E-state index in [4.69, 9.17) is 4.74 Å². The van der Waals surface area contributed by atoms with Gasteiger partial charge in [0, 0.05) is 24.8 Å². The van der Waals surface area contributed by atoms with Crippen LogP contribution in [0.2, 0.25) is 0 Å². The minimum Gasteiger partial charge on any atom is -0.439 e. The second-order valence-electron chi connectivity index (χ2n) is 5.46. The van der Waals surface area contributed by atoms with Gasteiger partial charge in [-0.05, 0) is 55.5 Å². The first-order chi connectivity index (χ1) is 9.72. The summed E-state index contributed by atoms with van der Waals surface area (Å²) in [6.45, 7) is 5.05. The molecule has 20 heavy (non-hydrogen) atoms. The van der Waals surface area contributed by atoms with Crippen molar-refractivity contribution in [2.75, 3.05) is 0 Å². The summed E-state index contributed by atoms with van der Waals surface area (Å²) in [6.07, 6.45) is 4.41. The molecule has 3 heteroatoms. The molecule has 3 rings (SSSR count). The van der Waals surface area contributed by atoms with Gasteiger partial charge in [0.25, 0.3) is 0 Å². The van der Waals surface area contributed by atoms with Crippen LogP contribution in [0.1, 0.15) is 29.5 Å². The Morgan fingerprint density at radius 2 is 2.10 bits per heavy atom. The number of pyridine rings is 1. The van der Waals surface area contributed by atoms with Crippen LogP contribution in [0, 0.1) is 13.8 Å². The first-order valence-electron chi connectivity index (χ1n) is 7.15. The van der Waals surface area contributed by atoms with Crippen molar-refractivity contribution in [2.24, 2.45) is 0 Å². The highest BCUT2D eigenvalue weighted by Gasteiger charge is 2.19. The third kappa shape index (κ3) is 3.17. The average Bonchev–Trinajstić information content (AvgIpc) is 3.26. The highest BCUT2D eigenvalue weighted by molar-refractivity contribution is 5.40. The molecule has 1 N–H and O–H groups in total. The molecular weight excluding hydrogens is 248 g/mol. The Bertz CT molecular complexity index is 606. The van der Waals surface area contributed by atoms with Crippen molar-refractivity contribution in [3.8, 4) is 11.6 Å². The number of aromatic nitrogens is 1. The molecule has 0 atom stereocenters. The van der Waals surface area contributed by atoms with Crippen LogP contribution >= 0.6 is 0 Å². The number of nitrogens with one attached hydrogen (secondary N) is 1. The Hall–Kier alpha value is -1.87. The van der Waals surface area contributed by atoms with Gasteiger partial charge in [0.05, 0.1) is 0 Å². The minimum absolute atomic E-state index is 0.661. The van der Waals surface area contributed by atoms with Gasteiger partial charge < -0.3 is 10.1 Å². The van der Waals surface area contributed by atoms with Crippen LogP contribution in [-0.2, 0) is 6.54 Å². The van der Waals surface area contributed by atoms with E-state index in [-0.39, 0.29) is 0 Å². The van der Waals surface area contributed by atoms with Crippen molar-refractivity contribution in [3.63, 3.8) is 0 Å². The van der Waals surface area contributed by atoms with Crippen molar-refractivity contribution >= 4 is 0 Å². The molecule has 1 heterocycles. The van der Waals surface area contributed by atoms with Gasteiger partial charge in [-0.2, -0.15) is 0 Å². The minimum atomic E-state index is 0.661. The fraction of sp³-hybridized carbons (Fsp3) is 0.353. The molecule has 0 saturated heterocycles. The quantitative estimate of drug-likeness (QED) is 0.897. The van der Waals surface area contributed by atoms with Crippen LogP contribution in [-0.4, -0.2) is 11.0 Å². The van der Waals surface area contributed by atoms with E-state index < -0.39 is 0 Å². The number of aryl methyl sites for hydroxylation is 1. The number of rotatable bonds is 5. The lowest BCUT2D eigenvalue weighted by molar-refractivity contribution is 0.458.